The molecular weight excluding hydrogens is 264 g/mol. The van der Waals surface area contributed by atoms with Gasteiger partial charge in [-0.1, -0.05) is 39.5 Å². The molecule has 3 atom stereocenters. The molecule has 0 bridgehead atoms. The fraction of sp³-hybridized carbons (Fsp3) is 0.882. The molecule has 0 spiro atoms. The maximum absolute atomic E-state index is 12.6. The van der Waals surface area contributed by atoms with E-state index in [1.807, 2.05) is 4.90 Å². The lowest BCUT2D eigenvalue weighted by molar-refractivity contribution is -0.152. The summed E-state index contributed by atoms with van der Waals surface area (Å²) in [6, 6.07) is -0.598. The molecule has 2 fully saturated rings. The predicted octanol–water partition coefficient (Wildman–Crippen LogP) is 2.72. The van der Waals surface area contributed by atoms with Gasteiger partial charge in [0, 0.05) is 6.54 Å². The summed E-state index contributed by atoms with van der Waals surface area (Å²) in [7, 11) is 0. The first kappa shape index (κ1) is 16.3. The van der Waals surface area contributed by atoms with Gasteiger partial charge in [-0.15, -0.1) is 0 Å². The summed E-state index contributed by atoms with van der Waals surface area (Å²) in [5.74, 6) is 0.984. The van der Waals surface area contributed by atoms with Gasteiger partial charge in [-0.2, -0.15) is 0 Å². The first-order chi connectivity index (χ1) is 10.0. The van der Waals surface area contributed by atoms with Gasteiger partial charge in [0.2, 0.25) is 11.8 Å². The Labute approximate surface area is 128 Å². The monoisotopic (exact) mass is 294 g/mol. The first-order valence-corrected chi connectivity index (χ1v) is 8.65. The van der Waals surface area contributed by atoms with E-state index in [4.69, 9.17) is 0 Å². The van der Waals surface area contributed by atoms with Crippen molar-refractivity contribution in [2.45, 2.75) is 77.8 Å². The Morgan fingerprint density at radius 3 is 2.52 bits per heavy atom. The van der Waals surface area contributed by atoms with E-state index in [1.54, 1.807) is 6.92 Å². The van der Waals surface area contributed by atoms with Crippen LogP contribution in [-0.2, 0) is 9.59 Å². The molecule has 1 aliphatic heterocycles. The van der Waals surface area contributed by atoms with Gasteiger partial charge in [0.05, 0.1) is 0 Å². The van der Waals surface area contributed by atoms with Crippen LogP contribution in [-0.4, -0.2) is 35.3 Å². The molecule has 1 N–H and O–H groups in total. The summed E-state index contributed by atoms with van der Waals surface area (Å²) in [5.41, 5.74) is 0. The van der Waals surface area contributed by atoms with Crippen LogP contribution in [0.25, 0.3) is 0 Å². The standard InChI is InChI=1S/C17H30N2O2/c1-4-8-12(2)11-19-15(14-9-6-5-7-10-14)16(20)18-13(3)17(19)21/h12-15H,4-11H2,1-3H3,(H,18,20). The minimum absolute atomic E-state index is 0.0673. The average Bonchev–Trinajstić information content (AvgIpc) is 2.46. The van der Waals surface area contributed by atoms with Crippen molar-refractivity contribution in [2.24, 2.45) is 11.8 Å². The highest BCUT2D eigenvalue weighted by Crippen LogP contribution is 2.31. The quantitative estimate of drug-likeness (QED) is 0.847. The lowest BCUT2D eigenvalue weighted by Gasteiger charge is -2.43. The zero-order chi connectivity index (χ0) is 15.4. The number of carbonyl (C=O) groups excluding carboxylic acids is 2. The van der Waals surface area contributed by atoms with Crippen LogP contribution in [0.4, 0.5) is 0 Å². The van der Waals surface area contributed by atoms with Crippen molar-refractivity contribution in [1.29, 1.82) is 0 Å². The first-order valence-electron chi connectivity index (χ1n) is 8.65. The van der Waals surface area contributed by atoms with Crippen molar-refractivity contribution >= 4 is 11.8 Å². The molecule has 0 radical (unpaired) electrons. The summed E-state index contributed by atoms with van der Waals surface area (Å²) in [4.78, 5) is 27.0. The van der Waals surface area contributed by atoms with Crippen molar-refractivity contribution in [3.63, 3.8) is 0 Å². The normalized spacial score (nSPS) is 29.4. The highest BCUT2D eigenvalue weighted by molar-refractivity contribution is 5.96. The summed E-state index contributed by atoms with van der Waals surface area (Å²) < 4.78 is 0. The molecule has 4 heteroatoms. The number of amides is 2. The molecule has 1 saturated heterocycles. The Morgan fingerprint density at radius 2 is 1.90 bits per heavy atom. The number of rotatable bonds is 5. The molecule has 1 saturated carbocycles. The van der Waals surface area contributed by atoms with Gasteiger partial charge in [-0.05, 0) is 38.0 Å². The molecule has 0 aromatic carbocycles. The molecule has 4 nitrogen and oxygen atoms in total. The second kappa shape index (κ2) is 7.28. The van der Waals surface area contributed by atoms with E-state index < -0.39 is 0 Å². The number of carbonyl (C=O) groups is 2. The van der Waals surface area contributed by atoms with E-state index >= 15 is 0 Å². The maximum atomic E-state index is 12.6. The van der Waals surface area contributed by atoms with Crippen molar-refractivity contribution < 1.29 is 9.59 Å². The minimum atomic E-state index is -0.369. The second-order valence-corrected chi connectivity index (χ2v) is 6.96. The van der Waals surface area contributed by atoms with E-state index in [-0.39, 0.29) is 23.9 Å². The zero-order valence-corrected chi connectivity index (χ0v) is 13.7. The van der Waals surface area contributed by atoms with Crippen LogP contribution < -0.4 is 5.32 Å². The number of piperazine rings is 1. The number of hydrogen-bond acceptors (Lipinski definition) is 2. The zero-order valence-electron chi connectivity index (χ0n) is 13.7. The highest BCUT2D eigenvalue weighted by Gasteiger charge is 2.43. The van der Waals surface area contributed by atoms with Crippen molar-refractivity contribution in [2.75, 3.05) is 6.54 Å². The fourth-order valence-electron chi connectivity index (χ4n) is 3.93. The highest BCUT2D eigenvalue weighted by atomic mass is 16.2. The molecule has 3 unspecified atom stereocenters. The third-order valence-electron chi connectivity index (χ3n) is 5.00. The van der Waals surface area contributed by atoms with Gasteiger partial charge in [-0.25, -0.2) is 0 Å². The van der Waals surface area contributed by atoms with E-state index in [2.05, 4.69) is 19.2 Å². The van der Waals surface area contributed by atoms with Gasteiger partial charge in [0.1, 0.15) is 12.1 Å². The summed E-state index contributed by atoms with van der Waals surface area (Å²) in [5, 5.41) is 2.88. The molecule has 2 rings (SSSR count). The second-order valence-electron chi connectivity index (χ2n) is 6.96. The topological polar surface area (TPSA) is 49.4 Å². The molecule has 120 valence electrons. The third-order valence-corrected chi connectivity index (χ3v) is 5.00. The lowest BCUT2D eigenvalue weighted by atomic mass is 9.81. The van der Waals surface area contributed by atoms with E-state index in [9.17, 15) is 9.59 Å². The van der Waals surface area contributed by atoms with Crippen molar-refractivity contribution in [3.05, 3.63) is 0 Å². The van der Waals surface area contributed by atoms with Crippen LogP contribution in [0.5, 0.6) is 0 Å². The van der Waals surface area contributed by atoms with Crippen LogP contribution in [0.15, 0.2) is 0 Å². The van der Waals surface area contributed by atoms with E-state index in [0.29, 0.717) is 11.8 Å². The van der Waals surface area contributed by atoms with Gasteiger partial charge in [0.25, 0.3) is 0 Å². The Bertz CT molecular complexity index is 377. The Hall–Kier alpha value is -1.06. The molecule has 1 heterocycles. The smallest absolute Gasteiger partial charge is 0.245 e. The van der Waals surface area contributed by atoms with Crippen LogP contribution in [0.2, 0.25) is 0 Å². The van der Waals surface area contributed by atoms with E-state index in [1.165, 1.54) is 19.3 Å². The van der Waals surface area contributed by atoms with Crippen molar-refractivity contribution in [1.82, 2.24) is 10.2 Å². The van der Waals surface area contributed by atoms with Gasteiger partial charge >= 0.3 is 0 Å². The molecule has 21 heavy (non-hydrogen) atoms. The van der Waals surface area contributed by atoms with E-state index in [0.717, 1.165) is 32.2 Å². The minimum Gasteiger partial charge on any atom is -0.343 e. The van der Waals surface area contributed by atoms with Crippen molar-refractivity contribution in [3.8, 4) is 0 Å². The summed E-state index contributed by atoms with van der Waals surface area (Å²) in [6.45, 7) is 6.88. The molecule has 2 amide bonds. The SMILES string of the molecule is CCCC(C)CN1C(=O)C(C)NC(=O)C1C1CCCCC1. The Kier molecular flexibility index (Phi) is 5.65. The van der Waals surface area contributed by atoms with Gasteiger partial charge < -0.3 is 10.2 Å². The predicted molar refractivity (Wildman–Crippen MR) is 83.8 cm³/mol. The average molecular weight is 294 g/mol. The Balaban J connectivity index is 2.14. The van der Waals surface area contributed by atoms with Crippen LogP contribution in [0.1, 0.15) is 65.7 Å². The van der Waals surface area contributed by atoms with Crippen LogP contribution in [0.3, 0.4) is 0 Å². The number of nitrogens with one attached hydrogen (secondary N) is 1. The molecular formula is C17H30N2O2. The molecule has 2 aliphatic rings. The number of hydrogen-bond donors (Lipinski definition) is 1. The lowest BCUT2D eigenvalue weighted by Crippen LogP contribution is -2.65. The third kappa shape index (κ3) is 3.78. The van der Waals surface area contributed by atoms with Crippen LogP contribution in [0, 0.1) is 11.8 Å². The van der Waals surface area contributed by atoms with Crippen LogP contribution >= 0.6 is 0 Å². The number of nitrogens with zero attached hydrogens (tertiary/aromatic N) is 1. The molecule has 0 aromatic rings. The maximum Gasteiger partial charge on any atom is 0.245 e. The molecule has 1 aliphatic carbocycles. The molecule has 0 aromatic heterocycles. The summed E-state index contributed by atoms with van der Waals surface area (Å²) in [6.07, 6.45) is 8.04. The van der Waals surface area contributed by atoms with Gasteiger partial charge in [0.15, 0.2) is 0 Å². The fourth-order valence-corrected chi connectivity index (χ4v) is 3.93. The largest absolute Gasteiger partial charge is 0.343 e. The van der Waals surface area contributed by atoms with Gasteiger partial charge in [-0.3, -0.25) is 9.59 Å². The summed E-state index contributed by atoms with van der Waals surface area (Å²) >= 11 is 0. The Morgan fingerprint density at radius 1 is 1.24 bits per heavy atom.